The van der Waals surface area contributed by atoms with E-state index in [9.17, 15) is 12.8 Å². The Labute approximate surface area is 82.1 Å². The van der Waals surface area contributed by atoms with E-state index in [0.717, 1.165) is 6.26 Å². The second-order valence-corrected chi connectivity index (χ2v) is 5.14. The van der Waals surface area contributed by atoms with Crippen molar-refractivity contribution >= 4 is 9.84 Å². The maximum absolute atomic E-state index is 13.2. The van der Waals surface area contributed by atoms with Gasteiger partial charge in [-0.2, -0.15) is 0 Å². The topological polar surface area (TPSA) is 54.4 Å². The van der Waals surface area contributed by atoms with Crippen LogP contribution in [-0.4, -0.2) is 19.8 Å². The number of halogens is 1. The lowest BCUT2D eigenvalue weighted by Crippen LogP contribution is -2.05. The number of aryl methyl sites for hydroxylation is 1. The molecule has 3 nitrogen and oxygen atoms in total. The second kappa shape index (κ2) is 3.67. The summed E-state index contributed by atoms with van der Waals surface area (Å²) in [5.74, 6) is -0.687. The van der Waals surface area contributed by atoms with Crippen LogP contribution in [-0.2, 0) is 16.4 Å². The summed E-state index contributed by atoms with van der Waals surface area (Å²) in [7, 11) is -3.49. The van der Waals surface area contributed by atoms with E-state index >= 15 is 0 Å². The first-order valence-electron chi connectivity index (χ1n) is 3.96. The molecule has 0 aromatic heterocycles. The lowest BCUT2D eigenvalue weighted by Gasteiger charge is -2.07. The molecular weight excluding hydrogens is 207 g/mol. The first kappa shape index (κ1) is 11.1. The normalized spacial score (nSPS) is 11.7. The standard InChI is InChI=1S/C9H11FO3S/c1-6-3-8(10)7(5-11)9(4-6)14(2,12)13/h3-4,11H,5H2,1-2H3. The third-order valence-corrected chi connectivity index (χ3v) is 3.02. The Hall–Kier alpha value is -0.940. The van der Waals surface area contributed by atoms with Gasteiger partial charge < -0.3 is 5.11 Å². The van der Waals surface area contributed by atoms with Crippen LogP contribution in [0.2, 0.25) is 0 Å². The first-order valence-corrected chi connectivity index (χ1v) is 5.85. The lowest BCUT2D eigenvalue weighted by molar-refractivity contribution is 0.272. The highest BCUT2D eigenvalue weighted by Crippen LogP contribution is 2.20. The van der Waals surface area contributed by atoms with Gasteiger partial charge in [-0.25, -0.2) is 12.8 Å². The molecule has 0 bridgehead atoms. The number of aliphatic hydroxyl groups is 1. The monoisotopic (exact) mass is 218 g/mol. The molecule has 1 aromatic carbocycles. The van der Waals surface area contributed by atoms with Crippen LogP contribution in [0.1, 0.15) is 11.1 Å². The molecule has 1 rings (SSSR count). The van der Waals surface area contributed by atoms with Gasteiger partial charge in [-0.1, -0.05) is 0 Å². The Kier molecular flexibility index (Phi) is 2.92. The van der Waals surface area contributed by atoms with E-state index in [2.05, 4.69) is 0 Å². The molecule has 0 radical (unpaired) electrons. The number of rotatable bonds is 2. The highest BCUT2D eigenvalue weighted by molar-refractivity contribution is 7.90. The first-order chi connectivity index (χ1) is 6.36. The Balaban J connectivity index is 3.56. The van der Waals surface area contributed by atoms with Gasteiger partial charge in [-0.15, -0.1) is 0 Å². The van der Waals surface area contributed by atoms with E-state index in [0.29, 0.717) is 5.56 Å². The number of hydrogen-bond acceptors (Lipinski definition) is 3. The quantitative estimate of drug-likeness (QED) is 0.806. The highest BCUT2D eigenvalue weighted by atomic mass is 32.2. The summed E-state index contributed by atoms with van der Waals surface area (Å²) >= 11 is 0. The van der Waals surface area contributed by atoms with Gasteiger partial charge in [0.25, 0.3) is 0 Å². The summed E-state index contributed by atoms with van der Waals surface area (Å²) < 4.78 is 35.7. The maximum Gasteiger partial charge on any atom is 0.175 e. The van der Waals surface area contributed by atoms with Gasteiger partial charge in [0.05, 0.1) is 11.5 Å². The van der Waals surface area contributed by atoms with Crippen LogP contribution in [0.4, 0.5) is 4.39 Å². The van der Waals surface area contributed by atoms with Gasteiger partial charge in [0, 0.05) is 11.8 Å². The molecule has 1 N–H and O–H groups in total. The average molecular weight is 218 g/mol. The number of benzene rings is 1. The van der Waals surface area contributed by atoms with E-state index < -0.39 is 22.3 Å². The Bertz CT molecular complexity index is 451. The highest BCUT2D eigenvalue weighted by Gasteiger charge is 2.16. The van der Waals surface area contributed by atoms with Crippen LogP contribution in [0.15, 0.2) is 17.0 Å². The summed E-state index contributed by atoms with van der Waals surface area (Å²) in [5, 5.41) is 8.85. The summed E-state index contributed by atoms with van der Waals surface area (Å²) in [6, 6.07) is 2.55. The molecule has 0 amide bonds. The molecule has 1 aromatic rings. The van der Waals surface area contributed by atoms with Crippen LogP contribution >= 0.6 is 0 Å². The average Bonchev–Trinajstić information content (AvgIpc) is 2.01. The molecule has 0 aliphatic carbocycles. The van der Waals surface area contributed by atoms with Crippen LogP contribution in [0.5, 0.6) is 0 Å². The van der Waals surface area contributed by atoms with Crippen molar-refractivity contribution in [1.29, 1.82) is 0 Å². The Morgan fingerprint density at radius 1 is 1.43 bits per heavy atom. The van der Waals surface area contributed by atoms with Crippen molar-refractivity contribution in [3.8, 4) is 0 Å². The molecule has 0 fully saturated rings. The van der Waals surface area contributed by atoms with E-state index in [4.69, 9.17) is 5.11 Å². The van der Waals surface area contributed by atoms with Gasteiger partial charge in [0.2, 0.25) is 0 Å². The van der Waals surface area contributed by atoms with Crippen LogP contribution in [0.3, 0.4) is 0 Å². The van der Waals surface area contributed by atoms with Crippen molar-refractivity contribution in [2.75, 3.05) is 6.26 Å². The zero-order valence-corrected chi connectivity index (χ0v) is 8.73. The van der Waals surface area contributed by atoms with Crippen molar-refractivity contribution < 1.29 is 17.9 Å². The molecule has 14 heavy (non-hydrogen) atoms. The third-order valence-electron chi connectivity index (χ3n) is 1.86. The smallest absolute Gasteiger partial charge is 0.175 e. The fourth-order valence-electron chi connectivity index (χ4n) is 1.22. The molecule has 0 saturated heterocycles. The molecule has 0 heterocycles. The maximum atomic E-state index is 13.2. The summed E-state index contributed by atoms with van der Waals surface area (Å²) in [6.45, 7) is 0.980. The summed E-state index contributed by atoms with van der Waals surface area (Å²) in [4.78, 5) is -0.141. The summed E-state index contributed by atoms with van der Waals surface area (Å²) in [6.07, 6.45) is 0.986. The predicted molar refractivity (Wildman–Crippen MR) is 50.2 cm³/mol. The van der Waals surface area contributed by atoms with E-state index in [-0.39, 0.29) is 10.5 Å². The molecule has 78 valence electrons. The zero-order chi connectivity index (χ0) is 10.9. The van der Waals surface area contributed by atoms with E-state index in [1.807, 2.05) is 0 Å². The Morgan fingerprint density at radius 2 is 2.00 bits per heavy atom. The van der Waals surface area contributed by atoms with Gasteiger partial charge in [-0.05, 0) is 24.6 Å². The fraction of sp³-hybridized carbons (Fsp3) is 0.333. The molecule has 0 spiro atoms. The second-order valence-electron chi connectivity index (χ2n) is 3.15. The molecular formula is C9H11FO3S. The van der Waals surface area contributed by atoms with Crippen LogP contribution in [0.25, 0.3) is 0 Å². The number of aliphatic hydroxyl groups excluding tert-OH is 1. The molecule has 5 heteroatoms. The zero-order valence-electron chi connectivity index (χ0n) is 7.91. The molecule has 0 atom stereocenters. The molecule has 0 saturated carbocycles. The van der Waals surface area contributed by atoms with Gasteiger partial charge >= 0.3 is 0 Å². The molecule has 0 aliphatic rings. The van der Waals surface area contributed by atoms with Crippen LogP contribution < -0.4 is 0 Å². The predicted octanol–water partition coefficient (Wildman–Crippen LogP) is 1.03. The van der Waals surface area contributed by atoms with Gasteiger partial charge in [0.1, 0.15) is 5.82 Å². The van der Waals surface area contributed by atoms with Gasteiger partial charge in [-0.3, -0.25) is 0 Å². The summed E-state index contributed by atoms with van der Waals surface area (Å²) in [5.41, 5.74) is 0.346. The molecule has 0 aliphatic heterocycles. The van der Waals surface area contributed by atoms with E-state index in [1.54, 1.807) is 6.92 Å². The van der Waals surface area contributed by atoms with Crippen molar-refractivity contribution in [1.82, 2.24) is 0 Å². The Morgan fingerprint density at radius 3 is 2.43 bits per heavy atom. The lowest BCUT2D eigenvalue weighted by atomic mass is 10.1. The minimum atomic E-state index is -3.49. The number of sulfone groups is 1. The van der Waals surface area contributed by atoms with Crippen molar-refractivity contribution in [3.05, 3.63) is 29.1 Å². The van der Waals surface area contributed by atoms with Crippen molar-refractivity contribution in [2.24, 2.45) is 0 Å². The van der Waals surface area contributed by atoms with Crippen molar-refractivity contribution in [3.63, 3.8) is 0 Å². The minimum Gasteiger partial charge on any atom is -0.392 e. The molecule has 0 unspecified atom stereocenters. The third kappa shape index (κ3) is 2.10. The van der Waals surface area contributed by atoms with Crippen LogP contribution in [0, 0.1) is 12.7 Å². The van der Waals surface area contributed by atoms with Crippen molar-refractivity contribution in [2.45, 2.75) is 18.4 Å². The minimum absolute atomic E-state index is 0.141. The fourth-order valence-corrected chi connectivity index (χ4v) is 2.23. The largest absolute Gasteiger partial charge is 0.392 e. The van der Waals surface area contributed by atoms with E-state index in [1.165, 1.54) is 12.1 Å². The van der Waals surface area contributed by atoms with Gasteiger partial charge in [0.15, 0.2) is 9.84 Å². The SMILES string of the molecule is Cc1cc(F)c(CO)c(S(C)(=O)=O)c1. The number of hydrogen-bond donors (Lipinski definition) is 1.